The summed E-state index contributed by atoms with van der Waals surface area (Å²) in [5, 5.41) is 4.54. The highest BCUT2D eigenvalue weighted by molar-refractivity contribution is 6.10. The van der Waals surface area contributed by atoms with Crippen molar-refractivity contribution in [1.29, 1.82) is 0 Å². The molecule has 0 unspecified atom stereocenters. The fourth-order valence-corrected chi connectivity index (χ4v) is 9.69. The molecule has 9 aromatic carbocycles. The molecular weight excluding hydrogens is 731 g/mol. The van der Waals surface area contributed by atoms with E-state index in [0.29, 0.717) is 0 Å². The number of anilines is 3. The van der Waals surface area contributed by atoms with Crippen LogP contribution in [0.2, 0.25) is 0 Å². The van der Waals surface area contributed by atoms with Crippen LogP contribution < -0.4 is 4.90 Å². The van der Waals surface area contributed by atoms with Crippen molar-refractivity contribution < 1.29 is 8.83 Å². The Morgan fingerprint density at radius 2 is 0.917 bits per heavy atom. The first kappa shape index (κ1) is 34.4. The Bertz CT molecular complexity index is 3440. The smallest absolute Gasteiger partial charge is 0.143 e. The van der Waals surface area contributed by atoms with Crippen LogP contribution in [0.25, 0.3) is 88.4 Å². The normalized spacial score (nSPS) is 13.0. The van der Waals surface area contributed by atoms with E-state index in [1.54, 1.807) is 0 Å². The molecule has 2 heterocycles. The van der Waals surface area contributed by atoms with Gasteiger partial charge in [-0.3, -0.25) is 0 Å². The van der Waals surface area contributed by atoms with Gasteiger partial charge < -0.3 is 13.7 Å². The predicted octanol–water partition coefficient (Wildman–Crippen LogP) is 16.3. The highest BCUT2D eigenvalue weighted by Gasteiger charge is 2.37. The molecule has 0 amide bonds. The minimum atomic E-state index is -0.189. The summed E-state index contributed by atoms with van der Waals surface area (Å²) >= 11 is 0. The average molecular weight is 770 g/mol. The molecule has 1 aliphatic rings. The number of hydrogen-bond donors (Lipinski definition) is 0. The minimum Gasteiger partial charge on any atom is -0.456 e. The van der Waals surface area contributed by atoms with Gasteiger partial charge in [-0.05, 0) is 111 Å². The summed E-state index contributed by atoms with van der Waals surface area (Å²) < 4.78 is 12.7. The van der Waals surface area contributed by atoms with E-state index < -0.39 is 0 Å². The van der Waals surface area contributed by atoms with Gasteiger partial charge in [0.2, 0.25) is 0 Å². The van der Waals surface area contributed by atoms with Crippen LogP contribution in [0.15, 0.2) is 209 Å². The van der Waals surface area contributed by atoms with Gasteiger partial charge in [0, 0.05) is 49.6 Å². The van der Waals surface area contributed by atoms with Crippen molar-refractivity contribution in [2.45, 2.75) is 19.3 Å². The lowest BCUT2D eigenvalue weighted by atomic mass is 9.81. The summed E-state index contributed by atoms with van der Waals surface area (Å²) in [7, 11) is 0. The van der Waals surface area contributed by atoms with Gasteiger partial charge in [-0.25, -0.2) is 0 Å². The molecule has 0 bridgehead atoms. The second-order valence-electron chi connectivity index (χ2n) is 16.5. The van der Waals surface area contributed by atoms with Gasteiger partial charge in [-0.2, -0.15) is 0 Å². The van der Waals surface area contributed by atoms with E-state index in [-0.39, 0.29) is 5.41 Å². The summed E-state index contributed by atoms with van der Waals surface area (Å²) in [5.41, 5.74) is 19.0. The first-order valence-corrected chi connectivity index (χ1v) is 20.7. The van der Waals surface area contributed by atoms with E-state index in [0.717, 1.165) is 83.2 Å². The van der Waals surface area contributed by atoms with Crippen molar-refractivity contribution in [2.24, 2.45) is 0 Å². The minimum absolute atomic E-state index is 0.189. The standard InChI is InChI=1S/C57H39NO2/c1-57(2)50-19-11-16-43(37-12-4-3-5-13-37)55(50)49-33-31-42(35-51(49)57)58(40-27-22-36(23-28-40)39-26-32-47-45-14-6-8-20-52(45)59-54(47)34-39)41-29-24-38(25-30-41)44-17-10-18-48-46-15-7-9-21-53(46)60-56(44)48/h3-35H,1-2H3. The second kappa shape index (κ2) is 13.2. The number of nitrogens with zero attached hydrogens (tertiary/aromatic N) is 1. The molecule has 0 fully saturated rings. The van der Waals surface area contributed by atoms with E-state index in [9.17, 15) is 0 Å². The quantitative estimate of drug-likeness (QED) is 0.169. The summed E-state index contributed by atoms with van der Waals surface area (Å²) in [6, 6.07) is 71.9. The molecule has 0 spiro atoms. The zero-order valence-corrected chi connectivity index (χ0v) is 33.3. The molecule has 0 saturated heterocycles. The Labute approximate surface area is 348 Å². The van der Waals surface area contributed by atoms with Crippen LogP contribution in [0.3, 0.4) is 0 Å². The fraction of sp³-hybridized carbons (Fsp3) is 0.0526. The molecule has 284 valence electrons. The third-order valence-corrected chi connectivity index (χ3v) is 12.7. The monoisotopic (exact) mass is 769 g/mol. The van der Waals surface area contributed by atoms with Crippen LogP contribution in [-0.4, -0.2) is 0 Å². The Hall–Kier alpha value is -7.62. The van der Waals surface area contributed by atoms with Crippen molar-refractivity contribution in [3.8, 4) is 44.5 Å². The summed E-state index contributed by atoms with van der Waals surface area (Å²) in [4.78, 5) is 2.38. The van der Waals surface area contributed by atoms with Gasteiger partial charge >= 0.3 is 0 Å². The van der Waals surface area contributed by atoms with Crippen LogP contribution in [0.1, 0.15) is 25.0 Å². The number of fused-ring (bicyclic) bond motifs is 9. The number of rotatable bonds is 6. The van der Waals surface area contributed by atoms with E-state index in [4.69, 9.17) is 8.83 Å². The molecule has 0 saturated carbocycles. The summed E-state index contributed by atoms with van der Waals surface area (Å²) in [6.45, 7) is 4.73. The molecular formula is C57H39NO2. The number of furan rings is 2. The largest absolute Gasteiger partial charge is 0.456 e. The van der Waals surface area contributed by atoms with E-state index in [1.807, 2.05) is 24.3 Å². The molecule has 11 aromatic rings. The molecule has 12 rings (SSSR count). The van der Waals surface area contributed by atoms with Gasteiger partial charge in [0.05, 0.1) is 0 Å². The van der Waals surface area contributed by atoms with Crippen LogP contribution in [0, 0.1) is 0 Å². The van der Waals surface area contributed by atoms with Crippen LogP contribution in [-0.2, 0) is 5.41 Å². The number of para-hydroxylation sites is 3. The molecule has 60 heavy (non-hydrogen) atoms. The van der Waals surface area contributed by atoms with E-state index in [2.05, 4.69) is 195 Å². The zero-order valence-electron chi connectivity index (χ0n) is 33.3. The summed E-state index contributed by atoms with van der Waals surface area (Å²) in [5.74, 6) is 0. The van der Waals surface area contributed by atoms with Gasteiger partial charge in [0.15, 0.2) is 0 Å². The molecule has 1 aliphatic carbocycles. The number of hydrogen-bond acceptors (Lipinski definition) is 3. The molecule has 3 heteroatoms. The van der Waals surface area contributed by atoms with Crippen LogP contribution >= 0.6 is 0 Å². The van der Waals surface area contributed by atoms with Crippen molar-refractivity contribution in [2.75, 3.05) is 4.90 Å². The van der Waals surface area contributed by atoms with Gasteiger partial charge in [-0.15, -0.1) is 0 Å². The van der Waals surface area contributed by atoms with Crippen molar-refractivity contribution in [3.63, 3.8) is 0 Å². The Kier molecular flexibility index (Phi) is 7.58. The molecule has 0 N–H and O–H groups in total. The van der Waals surface area contributed by atoms with Crippen molar-refractivity contribution in [1.82, 2.24) is 0 Å². The zero-order chi connectivity index (χ0) is 40.0. The Morgan fingerprint density at radius 1 is 0.350 bits per heavy atom. The molecule has 3 nitrogen and oxygen atoms in total. The van der Waals surface area contributed by atoms with Crippen LogP contribution in [0.5, 0.6) is 0 Å². The Morgan fingerprint density at radius 3 is 1.68 bits per heavy atom. The highest BCUT2D eigenvalue weighted by atomic mass is 16.3. The fourth-order valence-electron chi connectivity index (χ4n) is 9.69. The van der Waals surface area contributed by atoms with Crippen molar-refractivity contribution >= 4 is 60.9 Å². The first-order valence-electron chi connectivity index (χ1n) is 20.7. The lowest BCUT2D eigenvalue weighted by Crippen LogP contribution is -2.16. The number of benzene rings is 9. The van der Waals surface area contributed by atoms with Crippen molar-refractivity contribution in [3.05, 3.63) is 211 Å². The van der Waals surface area contributed by atoms with Gasteiger partial charge in [0.25, 0.3) is 0 Å². The third-order valence-electron chi connectivity index (χ3n) is 12.7. The third kappa shape index (κ3) is 5.29. The lowest BCUT2D eigenvalue weighted by Gasteiger charge is -2.28. The van der Waals surface area contributed by atoms with Crippen LogP contribution in [0.4, 0.5) is 17.1 Å². The maximum Gasteiger partial charge on any atom is 0.143 e. The molecule has 0 aliphatic heterocycles. The SMILES string of the molecule is CC1(C)c2cc(N(c3ccc(-c4ccc5c(c4)oc4ccccc45)cc3)c3ccc(-c4cccc5c4oc4ccccc45)cc3)ccc2-c2c(-c3ccccc3)cccc21. The topological polar surface area (TPSA) is 29.5 Å². The van der Waals surface area contributed by atoms with E-state index in [1.165, 1.54) is 33.4 Å². The maximum absolute atomic E-state index is 6.45. The molecule has 0 radical (unpaired) electrons. The van der Waals surface area contributed by atoms with E-state index >= 15 is 0 Å². The maximum atomic E-state index is 6.45. The Balaban J connectivity index is 0.976. The first-order chi connectivity index (χ1) is 29.5. The second-order valence-corrected chi connectivity index (χ2v) is 16.5. The van der Waals surface area contributed by atoms with Gasteiger partial charge in [-0.1, -0.05) is 153 Å². The highest BCUT2D eigenvalue weighted by Crippen LogP contribution is 2.54. The summed E-state index contributed by atoms with van der Waals surface area (Å²) in [6.07, 6.45) is 0. The average Bonchev–Trinajstić information content (AvgIpc) is 3.94. The lowest BCUT2D eigenvalue weighted by molar-refractivity contribution is 0.660. The molecule has 0 atom stereocenters. The van der Waals surface area contributed by atoms with Gasteiger partial charge in [0.1, 0.15) is 22.3 Å². The predicted molar refractivity (Wildman–Crippen MR) is 250 cm³/mol. The molecule has 2 aromatic heterocycles.